The number of nitrogens with zero attached hydrogens (tertiary/aromatic N) is 1. The number of esters is 1. The average molecular weight is 396 g/mol. The zero-order chi connectivity index (χ0) is 19.9. The predicted octanol–water partition coefficient (Wildman–Crippen LogP) is 4.53. The zero-order valence-electron chi connectivity index (χ0n) is 15.0. The molecule has 0 saturated heterocycles. The third kappa shape index (κ3) is 5.11. The van der Waals surface area contributed by atoms with Crippen molar-refractivity contribution >= 4 is 34.4 Å². The van der Waals surface area contributed by atoms with E-state index in [4.69, 9.17) is 4.74 Å². The van der Waals surface area contributed by atoms with Gasteiger partial charge >= 0.3 is 5.97 Å². The second-order valence-electron chi connectivity index (χ2n) is 5.83. The summed E-state index contributed by atoms with van der Waals surface area (Å²) in [4.78, 5) is 28.4. The summed E-state index contributed by atoms with van der Waals surface area (Å²) in [5.41, 5.74) is 1.95. The molecule has 3 aromatic rings. The molecule has 0 aliphatic carbocycles. The topological polar surface area (TPSA) is 68.3 Å². The molecule has 0 radical (unpaired) electrons. The Bertz CT molecular complexity index is 1000. The Balaban J connectivity index is 1.55. The Morgan fingerprint density at radius 1 is 1.14 bits per heavy atom. The van der Waals surface area contributed by atoms with E-state index in [9.17, 15) is 14.0 Å². The van der Waals surface area contributed by atoms with Gasteiger partial charge in [0.15, 0.2) is 11.2 Å². The molecule has 1 amide bonds. The van der Waals surface area contributed by atoms with Crippen LogP contribution in [0.3, 0.4) is 0 Å². The van der Waals surface area contributed by atoms with Gasteiger partial charge < -0.3 is 4.74 Å². The lowest BCUT2D eigenvalue weighted by Crippen LogP contribution is -2.29. The summed E-state index contributed by atoms with van der Waals surface area (Å²) in [5, 5.41) is 4.87. The molecule has 1 atom stereocenters. The van der Waals surface area contributed by atoms with E-state index >= 15 is 0 Å². The standard InChI is InChI=1S/C21H17FN2O3S/c1-14(27-19(25)12-11-15-7-5-6-10-17(15)22)20(26)24-21-23-18(13-28-21)16-8-3-2-4-9-16/h2-14H,1H3,(H,23,24,26)/b12-11+. The van der Waals surface area contributed by atoms with Crippen LogP contribution in [0, 0.1) is 5.82 Å². The van der Waals surface area contributed by atoms with Crippen molar-refractivity contribution in [3.8, 4) is 11.3 Å². The summed E-state index contributed by atoms with van der Waals surface area (Å²) in [6.45, 7) is 1.45. The number of hydrogen-bond donors (Lipinski definition) is 1. The van der Waals surface area contributed by atoms with Gasteiger partial charge in [0, 0.05) is 22.6 Å². The van der Waals surface area contributed by atoms with Gasteiger partial charge in [0.1, 0.15) is 5.82 Å². The first-order valence-corrected chi connectivity index (χ1v) is 9.36. The fraction of sp³-hybridized carbons (Fsp3) is 0.0952. The van der Waals surface area contributed by atoms with Crippen LogP contribution >= 0.6 is 11.3 Å². The highest BCUT2D eigenvalue weighted by atomic mass is 32.1. The van der Waals surface area contributed by atoms with E-state index in [1.54, 1.807) is 12.1 Å². The number of ether oxygens (including phenoxy) is 1. The van der Waals surface area contributed by atoms with E-state index in [1.807, 2.05) is 35.7 Å². The zero-order valence-corrected chi connectivity index (χ0v) is 15.8. The van der Waals surface area contributed by atoms with E-state index in [0.717, 1.165) is 17.3 Å². The Morgan fingerprint density at radius 2 is 1.86 bits per heavy atom. The third-order valence-electron chi connectivity index (χ3n) is 3.77. The first kappa shape index (κ1) is 19.4. The van der Waals surface area contributed by atoms with Gasteiger partial charge in [-0.1, -0.05) is 48.5 Å². The molecule has 0 fully saturated rings. The minimum Gasteiger partial charge on any atom is -0.449 e. The maximum absolute atomic E-state index is 13.5. The number of carbonyl (C=O) groups is 2. The maximum Gasteiger partial charge on any atom is 0.331 e. The number of halogens is 1. The average Bonchev–Trinajstić information content (AvgIpc) is 3.16. The summed E-state index contributed by atoms with van der Waals surface area (Å²) in [7, 11) is 0. The van der Waals surface area contributed by atoms with E-state index < -0.39 is 23.8 Å². The lowest BCUT2D eigenvalue weighted by atomic mass is 10.2. The highest BCUT2D eigenvalue weighted by Crippen LogP contribution is 2.24. The predicted molar refractivity (Wildman–Crippen MR) is 107 cm³/mol. The fourth-order valence-corrected chi connectivity index (χ4v) is 3.04. The van der Waals surface area contributed by atoms with Crippen molar-refractivity contribution in [3.05, 3.63) is 77.4 Å². The van der Waals surface area contributed by atoms with Gasteiger partial charge in [-0.25, -0.2) is 14.2 Å². The molecule has 1 unspecified atom stereocenters. The van der Waals surface area contributed by atoms with Crippen LogP contribution in [0.25, 0.3) is 17.3 Å². The molecule has 142 valence electrons. The molecule has 5 nitrogen and oxygen atoms in total. The fourth-order valence-electron chi connectivity index (χ4n) is 2.31. The summed E-state index contributed by atoms with van der Waals surface area (Å²) in [6.07, 6.45) is 1.36. The highest BCUT2D eigenvalue weighted by Gasteiger charge is 2.18. The summed E-state index contributed by atoms with van der Waals surface area (Å²) in [5.74, 6) is -1.69. The van der Waals surface area contributed by atoms with Crippen LogP contribution in [0.15, 0.2) is 66.1 Å². The molecule has 0 spiro atoms. The number of anilines is 1. The van der Waals surface area contributed by atoms with Crippen molar-refractivity contribution < 1.29 is 18.7 Å². The molecule has 1 aromatic heterocycles. The van der Waals surface area contributed by atoms with E-state index in [0.29, 0.717) is 5.13 Å². The number of benzene rings is 2. The van der Waals surface area contributed by atoms with E-state index in [-0.39, 0.29) is 5.56 Å². The normalized spacial score (nSPS) is 11.9. The van der Waals surface area contributed by atoms with Gasteiger partial charge in [0.2, 0.25) is 0 Å². The Hall–Kier alpha value is -3.32. The van der Waals surface area contributed by atoms with E-state index in [2.05, 4.69) is 10.3 Å². The summed E-state index contributed by atoms with van der Waals surface area (Å²) in [6, 6.07) is 15.6. The molecular weight excluding hydrogens is 379 g/mol. The molecule has 2 aromatic carbocycles. The number of thiazole rings is 1. The minimum atomic E-state index is -1.03. The van der Waals surface area contributed by atoms with Crippen molar-refractivity contribution in [3.63, 3.8) is 0 Å². The molecule has 0 aliphatic heterocycles. The monoisotopic (exact) mass is 396 g/mol. The van der Waals surface area contributed by atoms with Crippen LogP contribution in [0.1, 0.15) is 12.5 Å². The van der Waals surface area contributed by atoms with Gasteiger partial charge in [-0.2, -0.15) is 0 Å². The van der Waals surface area contributed by atoms with Crippen LogP contribution in [-0.2, 0) is 14.3 Å². The molecule has 0 bridgehead atoms. The van der Waals surface area contributed by atoms with Gasteiger partial charge in [0.25, 0.3) is 5.91 Å². The van der Waals surface area contributed by atoms with E-state index in [1.165, 1.54) is 36.5 Å². The lowest BCUT2D eigenvalue weighted by Gasteiger charge is -2.10. The van der Waals surface area contributed by atoms with Gasteiger partial charge in [-0.15, -0.1) is 11.3 Å². The largest absolute Gasteiger partial charge is 0.449 e. The van der Waals surface area contributed by atoms with Crippen LogP contribution in [-0.4, -0.2) is 23.0 Å². The smallest absolute Gasteiger partial charge is 0.331 e. The molecule has 28 heavy (non-hydrogen) atoms. The van der Waals surface area contributed by atoms with Crippen molar-refractivity contribution in [1.29, 1.82) is 0 Å². The second kappa shape index (κ2) is 9.05. The maximum atomic E-state index is 13.5. The quantitative estimate of drug-likeness (QED) is 0.491. The Kier molecular flexibility index (Phi) is 6.29. The molecule has 1 heterocycles. The third-order valence-corrected chi connectivity index (χ3v) is 4.53. The Labute approximate surface area is 165 Å². The summed E-state index contributed by atoms with van der Waals surface area (Å²) >= 11 is 1.28. The van der Waals surface area contributed by atoms with Crippen LogP contribution in [0.4, 0.5) is 9.52 Å². The SMILES string of the molecule is CC(OC(=O)/C=C/c1ccccc1F)C(=O)Nc1nc(-c2ccccc2)cs1. The molecular formula is C21H17FN2O3S. The first-order valence-electron chi connectivity index (χ1n) is 8.48. The number of nitrogens with one attached hydrogen (secondary N) is 1. The number of aromatic nitrogens is 1. The highest BCUT2D eigenvalue weighted by molar-refractivity contribution is 7.14. The molecule has 3 rings (SSSR count). The van der Waals surface area contributed by atoms with Crippen molar-refractivity contribution in [2.75, 3.05) is 5.32 Å². The van der Waals surface area contributed by atoms with Gasteiger partial charge in [-0.05, 0) is 19.1 Å². The van der Waals surface area contributed by atoms with Crippen LogP contribution < -0.4 is 5.32 Å². The lowest BCUT2D eigenvalue weighted by molar-refractivity contribution is -0.148. The number of rotatable bonds is 6. The first-order chi connectivity index (χ1) is 13.5. The second-order valence-corrected chi connectivity index (χ2v) is 6.69. The minimum absolute atomic E-state index is 0.257. The molecule has 7 heteroatoms. The Morgan fingerprint density at radius 3 is 2.61 bits per heavy atom. The number of hydrogen-bond acceptors (Lipinski definition) is 5. The van der Waals surface area contributed by atoms with Crippen molar-refractivity contribution in [2.24, 2.45) is 0 Å². The van der Waals surface area contributed by atoms with Gasteiger partial charge in [-0.3, -0.25) is 10.1 Å². The van der Waals surface area contributed by atoms with Crippen molar-refractivity contribution in [1.82, 2.24) is 4.98 Å². The number of carbonyl (C=O) groups excluding carboxylic acids is 2. The van der Waals surface area contributed by atoms with Crippen LogP contribution in [0.5, 0.6) is 0 Å². The molecule has 1 N–H and O–H groups in total. The van der Waals surface area contributed by atoms with Gasteiger partial charge in [0.05, 0.1) is 5.69 Å². The summed E-state index contributed by atoms with van der Waals surface area (Å²) < 4.78 is 18.6. The molecule has 0 saturated carbocycles. The van der Waals surface area contributed by atoms with Crippen LogP contribution in [0.2, 0.25) is 0 Å². The van der Waals surface area contributed by atoms with Crippen molar-refractivity contribution in [2.45, 2.75) is 13.0 Å². The molecule has 0 aliphatic rings. The number of amides is 1.